The van der Waals surface area contributed by atoms with Crippen molar-refractivity contribution < 1.29 is 9.66 Å². The molecule has 2 aliphatic rings. The third kappa shape index (κ3) is 2.97. The quantitative estimate of drug-likeness (QED) is 0.439. The summed E-state index contributed by atoms with van der Waals surface area (Å²) in [7, 11) is 1.56. The van der Waals surface area contributed by atoms with Gasteiger partial charge >= 0.3 is 0 Å². The van der Waals surface area contributed by atoms with E-state index in [9.17, 15) is 10.1 Å². The van der Waals surface area contributed by atoms with Gasteiger partial charge in [-0.1, -0.05) is 50.3 Å². The smallest absolute Gasteiger partial charge is 0.273 e. The van der Waals surface area contributed by atoms with Gasteiger partial charge in [0.1, 0.15) is 5.75 Å². The van der Waals surface area contributed by atoms with Gasteiger partial charge in [-0.25, -0.2) is 0 Å². The number of fused-ring (bicyclic) bond motifs is 3. The van der Waals surface area contributed by atoms with E-state index in [0.717, 1.165) is 17.7 Å². The minimum absolute atomic E-state index is 0.0752. The molecule has 0 saturated heterocycles. The Kier molecular flexibility index (Phi) is 4.38. The highest BCUT2D eigenvalue weighted by atomic mass is 16.6. The van der Waals surface area contributed by atoms with E-state index in [1.165, 1.54) is 17.2 Å². The van der Waals surface area contributed by atoms with E-state index in [4.69, 9.17) is 4.74 Å². The van der Waals surface area contributed by atoms with Crippen LogP contribution in [0.25, 0.3) is 0 Å². The van der Waals surface area contributed by atoms with E-state index >= 15 is 0 Å². The highest BCUT2D eigenvalue weighted by Crippen LogP contribution is 2.53. The van der Waals surface area contributed by atoms with Crippen molar-refractivity contribution in [2.24, 2.45) is 5.92 Å². The minimum Gasteiger partial charge on any atom is -0.494 e. The lowest BCUT2D eigenvalue weighted by Crippen LogP contribution is -2.29. The molecular formula is C22H24N2O3. The number of non-ortho nitro benzene ring substituents is 1. The van der Waals surface area contributed by atoms with E-state index in [1.54, 1.807) is 13.2 Å². The van der Waals surface area contributed by atoms with E-state index < -0.39 is 0 Å². The van der Waals surface area contributed by atoms with Crippen molar-refractivity contribution in [1.82, 2.24) is 0 Å². The van der Waals surface area contributed by atoms with E-state index in [-0.39, 0.29) is 22.6 Å². The van der Waals surface area contributed by atoms with Crippen LogP contribution in [0.15, 0.2) is 48.6 Å². The highest BCUT2D eigenvalue weighted by Gasteiger charge is 2.40. The summed E-state index contributed by atoms with van der Waals surface area (Å²) in [5.41, 5.74) is 4.46. The SMILES string of the molecule is COc1cc([N+](=O)[O-])cc2c1N[C@H](c1ccc(C(C)C)cc1)[C@@H]1CC=C[C@@H]21. The maximum absolute atomic E-state index is 11.3. The third-order valence-corrected chi connectivity index (χ3v) is 5.81. The minimum atomic E-state index is -0.354. The van der Waals surface area contributed by atoms with Crippen LogP contribution in [0.2, 0.25) is 0 Å². The molecule has 27 heavy (non-hydrogen) atoms. The molecule has 140 valence electrons. The fourth-order valence-corrected chi connectivity index (χ4v) is 4.34. The van der Waals surface area contributed by atoms with Gasteiger partial charge in [-0.05, 0) is 34.9 Å². The van der Waals surface area contributed by atoms with Crippen LogP contribution in [-0.4, -0.2) is 12.0 Å². The standard InChI is InChI=1S/C22H24N2O3/c1-13(2)14-7-9-15(10-8-14)21-18-6-4-5-17(18)19-11-16(24(25)26)12-20(27-3)22(19)23-21/h4-5,7-13,17-18,21,23H,6H2,1-3H3/t17-,18-,21-/m1/s1. The Balaban J connectivity index is 1.78. The molecule has 1 heterocycles. The Hall–Kier alpha value is -2.82. The summed E-state index contributed by atoms with van der Waals surface area (Å²) in [5.74, 6) is 1.53. The maximum Gasteiger partial charge on any atom is 0.273 e. The van der Waals surface area contributed by atoms with Crippen molar-refractivity contribution in [2.45, 2.75) is 38.1 Å². The Labute approximate surface area is 159 Å². The predicted molar refractivity (Wildman–Crippen MR) is 107 cm³/mol. The molecule has 2 aromatic carbocycles. The number of nitrogens with zero attached hydrogens (tertiary/aromatic N) is 1. The van der Waals surface area contributed by atoms with E-state index in [0.29, 0.717) is 17.6 Å². The van der Waals surface area contributed by atoms with Crippen LogP contribution in [0.4, 0.5) is 11.4 Å². The molecule has 1 aliphatic heterocycles. The number of benzene rings is 2. The van der Waals surface area contributed by atoms with Crippen LogP contribution in [0.1, 0.15) is 54.8 Å². The number of rotatable bonds is 4. The summed E-state index contributed by atoms with van der Waals surface area (Å²) < 4.78 is 5.50. The zero-order valence-electron chi connectivity index (χ0n) is 15.8. The molecule has 1 aliphatic carbocycles. The van der Waals surface area contributed by atoms with Gasteiger partial charge < -0.3 is 10.1 Å². The van der Waals surface area contributed by atoms with Crippen LogP contribution in [0, 0.1) is 16.0 Å². The first-order valence-electron chi connectivity index (χ1n) is 9.39. The topological polar surface area (TPSA) is 64.4 Å². The number of hydrogen-bond acceptors (Lipinski definition) is 4. The molecule has 0 bridgehead atoms. The second kappa shape index (κ2) is 6.72. The van der Waals surface area contributed by atoms with Gasteiger partial charge in [0.2, 0.25) is 0 Å². The molecule has 0 amide bonds. The fourth-order valence-electron chi connectivity index (χ4n) is 4.34. The van der Waals surface area contributed by atoms with Crippen LogP contribution in [0.5, 0.6) is 5.75 Å². The van der Waals surface area contributed by atoms with Crippen LogP contribution in [-0.2, 0) is 0 Å². The van der Waals surface area contributed by atoms with E-state index in [1.807, 2.05) is 0 Å². The van der Waals surface area contributed by atoms with Crippen LogP contribution >= 0.6 is 0 Å². The molecule has 3 atom stereocenters. The molecule has 0 spiro atoms. The lowest BCUT2D eigenvalue weighted by atomic mass is 9.76. The molecule has 5 nitrogen and oxygen atoms in total. The number of allylic oxidation sites excluding steroid dienone is 2. The molecule has 4 rings (SSSR count). The van der Waals surface area contributed by atoms with Gasteiger partial charge in [0, 0.05) is 12.0 Å². The Morgan fingerprint density at radius 1 is 1.22 bits per heavy atom. The average molecular weight is 364 g/mol. The van der Waals surface area contributed by atoms with Crippen LogP contribution < -0.4 is 10.1 Å². The number of nitrogens with one attached hydrogen (secondary N) is 1. The highest BCUT2D eigenvalue weighted by molar-refractivity contribution is 5.71. The Morgan fingerprint density at radius 3 is 2.59 bits per heavy atom. The average Bonchev–Trinajstić information content (AvgIpc) is 3.16. The molecule has 2 aromatic rings. The fraction of sp³-hybridized carbons (Fsp3) is 0.364. The van der Waals surface area contributed by atoms with Gasteiger partial charge in [0.05, 0.1) is 29.8 Å². The zero-order chi connectivity index (χ0) is 19.1. The van der Waals surface area contributed by atoms with Gasteiger partial charge in [-0.3, -0.25) is 10.1 Å². The summed E-state index contributed by atoms with van der Waals surface area (Å²) >= 11 is 0. The van der Waals surface area contributed by atoms with Crippen molar-refractivity contribution in [3.63, 3.8) is 0 Å². The largest absolute Gasteiger partial charge is 0.494 e. The normalized spacial score (nSPS) is 22.9. The second-order valence-electron chi connectivity index (χ2n) is 7.67. The first-order chi connectivity index (χ1) is 13.0. The number of nitro benzene ring substituents is 1. The lowest BCUT2D eigenvalue weighted by Gasteiger charge is -2.38. The molecule has 0 aromatic heterocycles. The molecule has 0 saturated carbocycles. The lowest BCUT2D eigenvalue weighted by molar-refractivity contribution is -0.385. The molecule has 5 heteroatoms. The van der Waals surface area contributed by atoms with Crippen molar-refractivity contribution >= 4 is 11.4 Å². The van der Waals surface area contributed by atoms with Crippen LogP contribution in [0.3, 0.4) is 0 Å². The molecular weight excluding hydrogens is 340 g/mol. The summed E-state index contributed by atoms with van der Waals surface area (Å²) in [5, 5.41) is 15.0. The third-order valence-electron chi connectivity index (χ3n) is 5.81. The summed E-state index contributed by atoms with van der Waals surface area (Å²) in [6.45, 7) is 4.39. The zero-order valence-corrected chi connectivity index (χ0v) is 15.8. The number of hydrogen-bond donors (Lipinski definition) is 1. The van der Waals surface area contributed by atoms with Crippen molar-refractivity contribution in [3.05, 3.63) is 75.4 Å². The van der Waals surface area contributed by atoms with Gasteiger partial charge in [0.25, 0.3) is 5.69 Å². The number of anilines is 1. The van der Waals surface area contributed by atoms with Gasteiger partial charge in [-0.15, -0.1) is 0 Å². The summed E-state index contributed by atoms with van der Waals surface area (Å²) in [4.78, 5) is 11.0. The monoisotopic (exact) mass is 364 g/mol. The Bertz CT molecular complexity index is 903. The van der Waals surface area contributed by atoms with E-state index in [2.05, 4.69) is 55.6 Å². The van der Waals surface area contributed by atoms with Gasteiger partial charge in [-0.2, -0.15) is 0 Å². The molecule has 1 N–H and O–H groups in total. The number of methoxy groups -OCH3 is 1. The number of ether oxygens (including phenoxy) is 1. The first kappa shape index (κ1) is 17.6. The van der Waals surface area contributed by atoms with Crippen molar-refractivity contribution in [2.75, 3.05) is 12.4 Å². The summed E-state index contributed by atoms with van der Waals surface area (Å²) in [6.07, 6.45) is 5.33. The Morgan fingerprint density at radius 2 is 1.96 bits per heavy atom. The predicted octanol–water partition coefficient (Wildman–Crippen LogP) is 5.55. The summed E-state index contributed by atoms with van der Waals surface area (Å²) in [6, 6.07) is 12.1. The molecule has 0 unspecified atom stereocenters. The second-order valence-corrected chi connectivity index (χ2v) is 7.67. The number of nitro groups is 1. The molecule has 0 radical (unpaired) electrons. The molecule has 0 fully saturated rings. The van der Waals surface area contributed by atoms with Crippen molar-refractivity contribution in [1.29, 1.82) is 0 Å². The van der Waals surface area contributed by atoms with Gasteiger partial charge in [0.15, 0.2) is 0 Å². The first-order valence-corrected chi connectivity index (χ1v) is 9.39. The maximum atomic E-state index is 11.3. The van der Waals surface area contributed by atoms with Crippen molar-refractivity contribution in [3.8, 4) is 5.75 Å².